The number of carbonyl (C=O) groups is 1. The molecule has 2 rings (SSSR count). The van der Waals surface area contributed by atoms with Crippen molar-refractivity contribution in [1.29, 1.82) is 0 Å². The normalized spacial score (nSPS) is 10.7. The Balaban J connectivity index is 2.12. The van der Waals surface area contributed by atoms with Gasteiger partial charge >= 0.3 is 0 Å². The van der Waals surface area contributed by atoms with Gasteiger partial charge in [-0.15, -0.1) is 0 Å². The van der Waals surface area contributed by atoms with Gasteiger partial charge in [0.1, 0.15) is 0 Å². The first-order chi connectivity index (χ1) is 12.0. The van der Waals surface area contributed by atoms with Crippen LogP contribution < -0.4 is 14.9 Å². The molecule has 0 radical (unpaired) electrons. The first kappa shape index (κ1) is 19.7. The number of ether oxygens (including phenoxy) is 2. The number of benzene rings is 2. The number of amides is 1. The molecule has 0 atom stereocenters. The van der Waals surface area contributed by atoms with Crippen LogP contribution in [0.4, 0.5) is 0 Å². The first-order valence-corrected chi connectivity index (χ1v) is 9.60. The van der Waals surface area contributed by atoms with Crippen LogP contribution in [0.25, 0.3) is 0 Å². The van der Waals surface area contributed by atoms with Gasteiger partial charge in [-0.2, -0.15) is 5.10 Å². The second kappa shape index (κ2) is 9.76. The molecule has 0 aliphatic heterocycles. The molecule has 2 aromatic rings. The van der Waals surface area contributed by atoms with Gasteiger partial charge in [-0.3, -0.25) is 4.79 Å². The maximum atomic E-state index is 12.0. The molecule has 132 valence electrons. The molecular formula is C18H18BrIN2O3. The van der Waals surface area contributed by atoms with Gasteiger partial charge in [0.05, 0.1) is 23.9 Å². The van der Waals surface area contributed by atoms with E-state index in [0.29, 0.717) is 30.3 Å². The molecule has 2 aromatic carbocycles. The number of carbonyl (C=O) groups excluding carboxylic acids is 1. The van der Waals surface area contributed by atoms with E-state index in [-0.39, 0.29) is 5.91 Å². The zero-order valence-corrected chi connectivity index (χ0v) is 17.6. The Labute approximate surface area is 169 Å². The number of hydrogen-bond donors (Lipinski definition) is 1. The highest BCUT2D eigenvalue weighted by Gasteiger charge is 2.11. The smallest absolute Gasteiger partial charge is 0.271 e. The van der Waals surface area contributed by atoms with Crippen molar-refractivity contribution in [1.82, 2.24) is 5.43 Å². The van der Waals surface area contributed by atoms with Gasteiger partial charge in [-0.25, -0.2) is 5.43 Å². The Morgan fingerprint density at radius 1 is 1.20 bits per heavy atom. The third kappa shape index (κ3) is 5.71. The number of nitrogens with zero attached hydrogens (tertiary/aromatic N) is 1. The maximum absolute atomic E-state index is 12.0. The van der Waals surface area contributed by atoms with Crippen LogP contribution in [0.2, 0.25) is 0 Å². The van der Waals surface area contributed by atoms with Crippen LogP contribution in [-0.2, 0) is 0 Å². The summed E-state index contributed by atoms with van der Waals surface area (Å²) in [4.78, 5) is 12.0. The highest BCUT2D eigenvalue weighted by atomic mass is 127. The first-order valence-electron chi connectivity index (χ1n) is 7.73. The molecular weight excluding hydrogens is 499 g/mol. The van der Waals surface area contributed by atoms with Crippen LogP contribution in [-0.4, -0.2) is 25.3 Å². The summed E-state index contributed by atoms with van der Waals surface area (Å²) in [6.45, 7) is 4.89. The highest BCUT2D eigenvalue weighted by Crippen LogP contribution is 2.36. The van der Waals surface area contributed by atoms with Gasteiger partial charge in [0.15, 0.2) is 11.5 Å². The van der Waals surface area contributed by atoms with Gasteiger partial charge in [0, 0.05) is 9.13 Å². The van der Waals surface area contributed by atoms with E-state index in [1.165, 1.54) is 0 Å². The van der Waals surface area contributed by atoms with Crippen molar-refractivity contribution in [3.63, 3.8) is 0 Å². The SMILES string of the molecule is CCOc1cc(/C=N\NC(=O)c2ccc(I)cc2)cc(Br)c1OCC. The average Bonchev–Trinajstić information content (AvgIpc) is 2.59. The zero-order chi connectivity index (χ0) is 18.2. The molecule has 0 unspecified atom stereocenters. The molecule has 0 fully saturated rings. The molecule has 1 N–H and O–H groups in total. The predicted octanol–water partition coefficient (Wildman–Crippen LogP) is 4.62. The van der Waals surface area contributed by atoms with E-state index in [1.807, 2.05) is 38.1 Å². The quantitative estimate of drug-likeness (QED) is 0.332. The Morgan fingerprint density at radius 3 is 2.52 bits per heavy atom. The van der Waals surface area contributed by atoms with Crippen LogP contribution in [0, 0.1) is 3.57 Å². The maximum Gasteiger partial charge on any atom is 0.271 e. The lowest BCUT2D eigenvalue weighted by Gasteiger charge is -2.13. The van der Waals surface area contributed by atoms with E-state index < -0.39 is 0 Å². The number of nitrogens with one attached hydrogen (secondary N) is 1. The van der Waals surface area contributed by atoms with Crippen molar-refractivity contribution in [2.45, 2.75) is 13.8 Å². The fourth-order valence-electron chi connectivity index (χ4n) is 2.04. The minimum absolute atomic E-state index is 0.261. The van der Waals surface area contributed by atoms with Crippen molar-refractivity contribution in [3.8, 4) is 11.5 Å². The third-order valence-corrected chi connectivity index (χ3v) is 4.41. The molecule has 0 heterocycles. The number of rotatable bonds is 7. The highest BCUT2D eigenvalue weighted by molar-refractivity contribution is 14.1. The largest absolute Gasteiger partial charge is 0.490 e. The van der Waals surface area contributed by atoms with E-state index >= 15 is 0 Å². The lowest BCUT2D eigenvalue weighted by Crippen LogP contribution is -2.17. The van der Waals surface area contributed by atoms with E-state index in [9.17, 15) is 4.79 Å². The molecule has 0 saturated carbocycles. The number of hydrogen-bond acceptors (Lipinski definition) is 4. The lowest BCUT2D eigenvalue weighted by atomic mass is 10.2. The standard InChI is InChI=1S/C18H18BrIN2O3/c1-3-24-16-10-12(9-15(19)17(16)25-4-2)11-21-22-18(23)13-5-7-14(20)8-6-13/h5-11H,3-4H2,1-2H3,(H,22,23)/b21-11-. The molecule has 0 aliphatic carbocycles. The fraction of sp³-hybridized carbons (Fsp3) is 0.222. The van der Waals surface area contributed by atoms with Crippen LogP contribution in [0.1, 0.15) is 29.8 Å². The Kier molecular flexibility index (Phi) is 7.70. The van der Waals surface area contributed by atoms with Crippen LogP contribution in [0.5, 0.6) is 11.5 Å². The van der Waals surface area contributed by atoms with Crippen molar-refractivity contribution in [3.05, 3.63) is 55.6 Å². The average molecular weight is 517 g/mol. The molecule has 5 nitrogen and oxygen atoms in total. The topological polar surface area (TPSA) is 59.9 Å². The second-order valence-corrected chi connectivity index (χ2v) is 7.00. The second-order valence-electron chi connectivity index (χ2n) is 4.90. The molecule has 0 saturated heterocycles. The number of halogens is 2. The summed E-state index contributed by atoms with van der Waals surface area (Å²) in [6, 6.07) is 10.9. The molecule has 0 spiro atoms. The number of hydrazone groups is 1. The van der Waals surface area contributed by atoms with E-state index in [2.05, 4.69) is 49.0 Å². The summed E-state index contributed by atoms with van der Waals surface area (Å²) in [5.74, 6) is 1.02. The Bertz CT molecular complexity index is 764. The van der Waals surface area contributed by atoms with E-state index in [4.69, 9.17) is 9.47 Å². The fourth-order valence-corrected chi connectivity index (χ4v) is 2.97. The monoisotopic (exact) mass is 516 g/mol. The molecule has 0 aromatic heterocycles. The summed E-state index contributed by atoms with van der Waals surface area (Å²) in [5.41, 5.74) is 3.85. The van der Waals surface area contributed by atoms with E-state index in [1.54, 1.807) is 18.3 Å². The minimum Gasteiger partial charge on any atom is -0.490 e. The van der Waals surface area contributed by atoms with Gasteiger partial charge in [0.25, 0.3) is 5.91 Å². The van der Waals surface area contributed by atoms with Crippen molar-refractivity contribution in [2.75, 3.05) is 13.2 Å². The van der Waals surface area contributed by atoms with Crippen LogP contribution in [0.15, 0.2) is 46.0 Å². The lowest BCUT2D eigenvalue weighted by molar-refractivity contribution is 0.0955. The van der Waals surface area contributed by atoms with E-state index in [0.717, 1.165) is 13.6 Å². The van der Waals surface area contributed by atoms with Crippen molar-refractivity contribution >= 4 is 50.6 Å². The molecule has 25 heavy (non-hydrogen) atoms. The van der Waals surface area contributed by atoms with Gasteiger partial charge in [-0.1, -0.05) is 0 Å². The molecule has 1 amide bonds. The molecule has 7 heteroatoms. The zero-order valence-electron chi connectivity index (χ0n) is 13.9. The summed E-state index contributed by atoms with van der Waals surface area (Å²) >= 11 is 5.67. The molecule has 0 bridgehead atoms. The summed E-state index contributed by atoms with van der Waals surface area (Å²) in [7, 11) is 0. The van der Waals surface area contributed by atoms with Crippen LogP contribution >= 0.6 is 38.5 Å². The summed E-state index contributed by atoms with van der Waals surface area (Å²) in [6.07, 6.45) is 1.56. The Morgan fingerprint density at radius 2 is 1.88 bits per heavy atom. The van der Waals surface area contributed by atoms with Gasteiger partial charge < -0.3 is 9.47 Å². The van der Waals surface area contributed by atoms with Gasteiger partial charge in [-0.05, 0) is 94.3 Å². The summed E-state index contributed by atoms with van der Waals surface area (Å²) in [5, 5.41) is 4.01. The molecule has 0 aliphatic rings. The van der Waals surface area contributed by atoms with Gasteiger partial charge in [0.2, 0.25) is 0 Å². The third-order valence-electron chi connectivity index (χ3n) is 3.11. The minimum atomic E-state index is -0.261. The Hall–Kier alpha value is -1.61. The van der Waals surface area contributed by atoms with Crippen molar-refractivity contribution < 1.29 is 14.3 Å². The predicted molar refractivity (Wildman–Crippen MR) is 111 cm³/mol. The summed E-state index contributed by atoms with van der Waals surface area (Å²) < 4.78 is 13.1. The van der Waals surface area contributed by atoms with Crippen molar-refractivity contribution in [2.24, 2.45) is 5.10 Å². The van der Waals surface area contributed by atoms with Crippen LogP contribution in [0.3, 0.4) is 0 Å².